The summed E-state index contributed by atoms with van der Waals surface area (Å²) in [7, 11) is 0. The molecule has 1 heterocycles. The van der Waals surface area contributed by atoms with E-state index < -0.39 is 5.82 Å². The highest BCUT2D eigenvalue weighted by Gasteiger charge is 2.03. The minimum atomic E-state index is -0.591. The summed E-state index contributed by atoms with van der Waals surface area (Å²) < 4.78 is 13.0. The second-order valence-electron chi connectivity index (χ2n) is 2.30. The van der Waals surface area contributed by atoms with Crippen LogP contribution >= 0.6 is 11.6 Å². The molecule has 0 amide bonds. The van der Waals surface area contributed by atoms with E-state index in [9.17, 15) is 4.39 Å². The predicted molar refractivity (Wildman–Crippen MR) is 51.8 cm³/mol. The largest absolute Gasteiger partial charge is 0.369 e. The highest BCUT2D eigenvalue weighted by atomic mass is 35.5. The van der Waals surface area contributed by atoms with Gasteiger partial charge in [-0.25, -0.2) is 9.82 Å². The summed E-state index contributed by atoms with van der Waals surface area (Å²) in [5.74, 6) is -0.932. The molecule has 0 unspecified atom stereocenters. The first-order valence-corrected chi connectivity index (χ1v) is 3.91. The Bertz CT molecular complexity index is 358. The van der Waals surface area contributed by atoms with E-state index in [1.807, 2.05) is 0 Å². The maximum atomic E-state index is 13.0. The lowest BCUT2D eigenvalue weighted by atomic mass is 10.3. The number of aromatic nitrogens is 1. The number of nitrogens with two attached hydrogens (primary N) is 1. The molecule has 7 heteroatoms. The van der Waals surface area contributed by atoms with Gasteiger partial charge in [-0.1, -0.05) is 11.6 Å². The monoisotopic (exact) mass is 215 g/mol. The van der Waals surface area contributed by atoms with Gasteiger partial charge in [-0.3, -0.25) is 10.4 Å². The van der Waals surface area contributed by atoms with Crippen LogP contribution in [0.3, 0.4) is 0 Å². The molecular formula is C7H7ClFN5. The van der Waals surface area contributed by atoms with Crippen molar-refractivity contribution in [2.24, 2.45) is 10.8 Å². The van der Waals surface area contributed by atoms with Crippen LogP contribution in [0.15, 0.2) is 17.5 Å². The van der Waals surface area contributed by atoms with Crippen molar-refractivity contribution >= 4 is 23.8 Å². The fraction of sp³-hybridized carbons (Fsp3) is 0. The van der Waals surface area contributed by atoms with Crippen molar-refractivity contribution in [2.75, 3.05) is 0 Å². The van der Waals surface area contributed by atoms with Gasteiger partial charge < -0.3 is 5.73 Å². The summed E-state index contributed by atoms with van der Waals surface area (Å²) in [6, 6.07) is 0. The van der Waals surface area contributed by atoms with Crippen molar-refractivity contribution in [3.05, 3.63) is 28.8 Å². The highest BCUT2D eigenvalue weighted by Crippen LogP contribution is 2.14. The number of halogens is 2. The van der Waals surface area contributed by atoms with E-state index >= 15 is 0 Å². The standard InChI is InChI=1S/C7H7ClFN5/c8-5-2-12-3-6(9)4(5)1-13-14-7(10)11/h1-3H,(H4,10,11,14). The van der Waals surface area contributed by atoms with Crippen molar-refractivity contribution in [1.29, 1.82) is 5.41 Å². The maximum Gasteiger partial charge on any atom is 0.206 e. The van der Waals surface area contributed by atoms with Crippen LogP contribution in [0.4, 0.5) is 4.39 Å². The number of nitrogens with one attached hydrogen (secondary N) is 2. The Morgan fingerprint density at radius 1 is 1.71 bits per heavy atom. The number of hydrazone groups is 1. The fourth-order valence-electron chi connectivity index (χ4n) is 0.711. The normalized spacial score (nSPS) is 10.4. The molecule has 0 aliphatic rings. The van der Waals surface area contributed by atoms with Gasteiger partial charge in [-0.05, 0) is 0 Å². The fourth-order valence-corrected chi connectivity index (χ4v) is 0.906. The summed E-state index contributed by atoms with van der Waals surface area (Å²) in [5.41, 5.74) is 7.18. The van der Waals surface area contributed by atoms with Gasteiger partial charge in [0.1, 0.15) is 0 Å². The average Bonchev–Trinajstić information content (AvgIpc) is 2.09. The van der Waals surface area contributed by atoms with Crippen molar-refractivity contribution in [3.63, 3.8) is 0 Å². The smallest absolute Gasteiger partial charge is 0.206 e. The summed E-state index contributed by atoms with van der Waals surface area (Å²) in [6.45, 7) is 0. The molecule has 0 saturated heterocycles. The maximum absolute atomic E-state index is 13.0. The van der Waals surface area contributed by atoms with Crippen LogP contribution in [-0.4, -0.2) is 17.2 Å². The lowest BCUT2D eigenvalue weighted by molar-refractivity contribution is 0.619. The van der Waals surface area contributed by atoms with Gasteiger partial charge in [0.05, 0.1) is 23.0 Å². The van der Waals surface area contributed by atoms with Crippen LogP contribution in [0.2, 0.25) is 5.02 Å². The van der Waals surface area contributed by atoms with Gasteiger partial charge in [-0.15, -0.1) is 0 Å². The van der Waals surface area contributed by atoms with Crippen LogP contribution in [-0.2, 0) is 0 Å². The molecule has 1 aromatic heterocycles. The van der Waals surface area contributed by atoms with Crippen LogP contribution in [0, 0.1) is 11.2 Å². The minimum Gasteiger partial charge on any atom is -0.369 e. The number of rotatable bonds is 2. The van der Waals surface area contributed by atoms with E-state index in [2.05, 4.69) is 15.5 Å². The van der Waals surface area contributed by atoms with E-state index in [1.165, 1.54) is 6.20 Å². The number of guanidine groups is 1. The minimum absolute atomic E-state index is 0.0930. The molecule has 0 bridgehead atoms. The molecule has 5 nitrogen and oxygen atoms in total. The van der Waals surface area contributed by atoms with Gasteiger partial charge in [0.15, 0.2) is 5.82 Å². The molecule has 0 atom stereocenters. The molecule has 74 valence electrons. The SMILES string of the molecule is N=C(N)NN=Cc1c(F)cncc1Cl. The van der Waals surface area contributed by atoms with E-state index in [4.69, 9.17) is 22.7 Å². The van der Waals surface area contributed by atoms with Gasteiger partial charge in [0, 0.05) is 6.20 Å². The third-order valence-corrected chi connectivity index (χ3v) is 1.57. The molecule has 0 aliphatic carbocycles. The molecule has 0 aromatic carbocycles. The molecule has 1 aromatic rings. The highest BCUT2D eigenvalue weighted by molar-refractivity contribution is 6.32. The molecule has 0 aliphatic heterocycles. The van der Waals surface area contributed by atoms with Crippen molar-refractivity contribution in [1.82, 2.24) is 10.4 Å². The van der Waals surface area contributed by atoms with Gasteiger partial charge >= 0.3 is 0 Å². The zero-order chi connectivity index (χ0) is 10.6. The third kappa shape index (κ3) is 2.67. The van der Waals surface area contributed by atoms with Gasteiger partial charge in [0.25, 0.3) is 0 Å². The van der Waals surface area contributed by atoms with E-state index in [-0.39, 0.29) is 16.5 Å². The third-order valence-electron chi connectivity index (χ3n) is 1.27. The Labute approximate surface area is 84.3 Å². The molecule has 0 saturated carbocycles. The van der Waals surface area contributed by atoms with E-state index in [0.29, 0.717) is 0 Å². The van der Waals surface area contributed by atoms with Crippen LogP contribution in [0.25, 0.3) is 0 Å². The number of pyridine rings is 1. The molecule has 0 fully saturated rings. The van der Waals surface area contributed by atoms with Crippen molar-refractivity contribution < 1.29 is 4.39 Å². The molecule has 0 radical (unpaired) electrons. The summed E-state index contributed by atoms with van der Waals surface area (Å²) >= 11 is 5.64. The number of hydrogen-bond donors (Lipinski definition) is 3. The first kappa shape index (κ1) is 10.4. The van der Waals surface area contributed by atoms with Gasteiger partial charge in [0.2, 0.25) is 5.96 Å². The summed E-state index contributed by atoms with van der Waals surface area (Å²) in [5, 5.41) is 10.4. The second-order valence-corrected chi connectivity index (χ2v) is 2.71. The Balaban J connectivity index is 2.85. The average molecular weight is 216 g/mol. The molecule has 1 rings (SSSR count). The van der Waals surface area contributed by atoms with Gasteiger partial charge in [-0.2, -0.15) is 5.10 Å². The van der Waals surface area contributed by atoms with Crippen molar-refractivity contribution in [2.45, 2.75) is 0 Å². The molecular weight excluding hydrogens is 209 g/mol. The zero-order valence-corrected chi connectivity index (χ0v) is 7.72. The Hall–Kier alpha value is -1.69. The lowest BCUT2D eigenvalue weighted by Gasteiger charge is -1.98. The first-order valence-electron chi connectivity index (χ1n) is 3.53. The van der Waals surface area contributed by atoms with E-state index in [0.717, 1.165) is 12.4 Å². The number of nitrogens with zero attached hydrogens (tertiary/aromatic N) is 2. The van der Waals surface area contributed by atoms with Crippen LogP contribution in [0.5, 0.6) is 0 Å². The Morgan fingerprint density at radius 3 is 3.00 bits per heavy atom. The quantitative estimate of drug-likeness (QED) is 0.385. The number of hydrogen-bond acceptors (Lipinski definition) is 3. The first-order chi connectivity index (χ1) is 6.61. The second kappa shape index (κ2) is 4.52. The Morgan fingerprint density at radius 2 is 2.43 bits per heavy atom. The van der Waals surface area contributed by atoms with E-state index in [1.54, 1.807) is 0 Å². The molecule has 0 spiro atoms. The predicted octanol–water partition coefficient (Wildman–Crippen LogP) is 0.691. The van der Waals surface area contributed by atoms with Crippen LogP contribution < -0.4 is 11.2 Å². The zero-order valence-electron chi connectivity index (χ0n) is 6.96. The summed E-state index contributed by atoms with van der Waals surface area (Å²) in [4.78, 5) is 3.53. The molecule has 14 heavy (non-hydrogen) atoms. The lowest BCUT2D eigenvalue weighted by Crippen LogP contribution is -2.25. The summed E-state index contributed by atoms with van der Waals surface area (Å²) in [6.07, 6.45) is 3.43. The van der Waals surface area contributed by atoms with Crippen LogP contribution in [0.1, 0.15) is 5.56 Å². The Kier molecular flexibility index (Phi) is 3.35. The molecule has 4 N–H and O–H groups in total. The van der Waals surface area contributed by atoms with Crippen molar-refractivity contribution in [3.8, 4) is 0 Å². The topological polar surface area (TPSA) is 87.2 Å².